The van der Waals surface area contributed by atoms with Crippen LogP contribution in [0.1, 0.15) is 0 Å². The van der Waals surface area contributed by atoms with Gasteiger partial charge in [-0.3, -0.25) is 9.59 Å². The number of benzene rings is 4. The summed E-state index contributed by atoms with van der Waals surface area (Å²) in [6.07, 6.45) is 0. The average molecular weight is 543 g/mol. The number of para-hydroxylation sites is 2. The van der Waals surface area contributed by atoms with Gasteiger partial charge in [0.05, 0.1) is 20.8 Å². The maximum absolute atomic E-state index is 14.1. The fraction of sp³-hybridized carbons (Fsp3) is 0. The van der Waals surface area contributed by atoms with Crippen molar-refractivity contribution in [2.24, 2.45) is 0 Å². The number of fused-ring (bicyclic) bond motifs is 2. The van der Waals surface area contributed by atoms with Crippen LogP contribution in [-0.4, -0.2) is 24.8 Å². The Hall–Kier alpha value is -4.54. The van der Waals surface area contributed by atoms with E-state index in [9.17, 15) is 26.4 Å². The number of nitrogens with zero attached hydrogens (tertiary/aromatic N) is 2. The van der Waals surface area contributed by atoms with Crippen LogP contribution in [0.15, 0.2) is 129 Å². The molecule has 0 radical (unpaired) electrons. The van der Waals surface area contributed by atoms with Crippen LogP contribution in [0, 0.1) is 10.7 Å². The van der Waals surface area contributed by atoms with Crippen molar-refractivity contribution < 1.29 is 16.8 Å². The lowest BCUT2D eigenvalue weighted by atomic mass is 10.1. The summed E-state index contributed by atoms with van der Waals surface area (Å²) in [6, 6.07) is 26.8. The first-order chi connectivity index (χ1) is 18.2. The molecule has 0 spiro atoms. The molecule has 0 bridgehead atoms. The lowest BCUT2D eigenvalue weighted by Crippen LogP contribution is -2.31. The molecule has 0 N–H and O–H groups in total. The molecule has 6 rings (SSSR count). The van der Waals surface area contributed by atoms with Gasteiger partial charge in [-0.2, -0.15) is 0 Å². The van der Waals surface area contributed by atoms with Crippen molar-refractivity contribution in [2.45, 2.75) is 9.79 Å². The first-order valence-corrected chi connectivity index (χ1v) is 14.3. The molecule has 0 aromatic heterocycles. The minimum atomic E-state index is -4.46. The van der Waals surface area contributed by atoms with E-state index in [4.69, 9.17) is 0 Å². The lowest BCUT2D eigenvalue weighted by Gasteiger charge is -2.19. The Morgan fingerprint density at radius 3 is 1.11 bits per heavy atom. The Labute approximate surface area is 216 Å². The Balaban J connectivity index is 2.02. The van der Waals surface area contributed by atoms with Crippen LogP contribution in [0.3, 0.4) is 0 Å². The van der Waals surface area contributed by atoms with E-state index in [-0.39, 0.29) is 31.6 Å². The molecule has 2 aliphatic rings. The Bertz CT molecular complexity index is 2130. The van der Waals surface area contributed by atoms with Crippen LogP contribution in [0.2, 0.25) is 0 Å². The summed E-state index contributed by atoms with van der Waals surface area (Å²) in [4.78, 5) is 27.7. The minimum Gasteiger partial charge on any atom is -0.287 e. The van der Waals surface area contributed by atoms with E-state index in [0.717, 1.165) is 7.94 Å². The standard InChI is InChI=1S/C28H18N2O6S2/c31-27-21-15-7-8-16-22(21)28(32)26-25(27)29(37(33,34)19-11-3-1-4-12-19)23-17-9-10-18-24(23)30(26)38(35,36)20-13-5-2-6-14-20/h1-18H. The summed E-state index contributed by atoms with van der Waals surface area (Å²) < 4.78 is 57.8. The zero-order valence-corrected chi connectivity index (χ0v) is 21.2. The van der Waals surface area contributed by atoms with Crippen molar-refractivity contribution in [2.75, 3.05) is 0 Å². The van der Waals surface area contributed by atoms with Crippen LogP contribution >= 0.6 is 0 Å². The van der Waals surface area contributed by atoms with Gasteiger partial charge >= 0.3 is 0 Å². The maximum atomic E-state index is 14.1. The van der Waals surface area contributed by atoms with E-state index in [2.05, 4.69) is 0 Å². The van der Waals surface area contributed by atoms with Gasteiger partial charge in [-0.25, -0.2) is 24.8 Å². The van der Waals surface area contributed by atoms with Crippen LogP contribution < -0.4 is 10.9 Å². The predicted molar refractivity (Wildman–Crippen MR) is 143 cm³/mol. The van der Waals surface area contributed by atoms with Gasteiger partial charge in [0.2, 0.25) is 10.9 Å². The van der Waals surface area contributed by atoms with E-state index in [1.54, 1.807) is 24.3 Å². The Morgan fingerprint density at radius 1 is 0.421 bits per heavy atom. The average Bonchev–Trinajstić information content (AvgIpc) is 2.95. The molecular formula is C28H18N2O6S2. The van der Waals surface area contributed by atoms with E-state index >= 15 is 0 Å². The molecule has 4 aromatic rings. The smallest absolute Gasteiger partial charge is 0.268 e. The highest BCUT2D eigenvalue weighted by Gasteiger charge is 2.29. The molecule has 4 aromatic carbocycles. The van der Waals surface area contributed by atoms with Crippen molar-refractivity contribution in [1.29, 1.82) is 0 Å². The number of hydrogen-bond acceptors (Lipinski definition) is 6. The van der Waals surface area contributed by atoms with Crippen LogP contribution in [0.5, 0.6) is 0 Å². The lowest BCUT2D eigenvalue weighted by molar-refractivity contribution is 0.581. The summed E-state index contributed by atoms with van der Waals surface area (Å²) >= 11 is 0. The molecule has 0 amide bonds. The molecule has 1 aliphatic carbocycles. The highest BCUT2D eigenvalue weighted by molar-refractivity contribution is 7.90. The quantitative estimate of drug-likeness (QED) is 0.337. The fourth-order valence-corrected chi connectivity index (χ4v) is 7.74. The van der Waals surface area contributed by atoms with Gasteiger partial charge in [-0.05, 0) is 36.4 Å². The van der Waals surface area contributed by atoms with Gasteiger partial charge in [0.1, 0.15) is 10.7 Å². The third-order valence-corrected chi connectivity index (χ3v) is 9.81. The normalized spacial score (nSPS) is 12.3. The van der Waals surface area contributed by atoms with Crippen molar-refractivity contribution in [1.82, 2.24) is 7.94 Å². The second-order valence-electron chi connectivity index (χ2n) is 8.55. The van der Waals surface area contributed by atoms with Crippen LogP contribution in [0.25, 0.3) is 21.8 Å². The summed E-state index contributed by atoms with van der Waals surface area (Å²) in [5.41, 5.74) is -1.71. The molecule has 1 heterocycles. The summed E-state index contributed by atoms with van der Waals surface area (Å²) in [6.45, 7) is 0. The first-order valence-electron chi connectivity index (χ1n) is 11.5. The monoisotopic (exact) mass is 542 g/mol. The molecule has 0 unspecified atom stereocenters. The van der Waals surface area contributed by atoms with Crippen molar-refractivity contribution in [3.63, 3.8) is 0 Å². The molecule has 1 aliphatic heterocycles. The minimum absolute atomic E-state index is 0.0130. The topological polar surface area (TPSA) is 112 Å². The number of aromatic nitrogens is 2. The van der Waals surface area contributed by atoms with Crippen LogP contribution in [-0.2, 0) is 20.0 Å². The van der Waals surface area contributed by atoms with Crippen molar-refractivity contribution in [3.05, 3.63) is 140 Å². The van der Waals surface area contributed by atoms with Gasteiger partial charge in [-0.1, -0.05) is 72.8 Å². The summed E-state index contributed by atoms with van der Waals surface area (Å²) in [7, 11) is -8.91. The van der Waals surface area contributed by atoms with Crippen molar-refractivity contribution in [3.8, 4) is 0 Å². The van der Waals surface area contributed by atoms with E-state index in [1.165, 1.54) is 84.9 Å². The fourth-order valence-electron chi connectivity index (χ4n) is 4.67. The highest BCUT2D eigenvalue weighted by atomic mass is 32.2. The van der Waals surface area contributed by atoms with E-state index in [0.29, 0.717) is 0 Å². The van der Waals surface area contributed by atoms with Gasteiger partial charge in [-0.15, -0.1) is 0 Å². The molecule has 0 fully saturated rings. The van der Waals surface area contributed by atoms with E-state index < -0.39 is 41.6 Å². The molecule has 10 heteroatoms. The van der Waals surface area contributed by atoms with Gasteiger partial charge in [0.25, 0.3) is 20.0 Å². The molecule has 188 valence electrons. The highest BCUT2D eigenvalue weighted by Crippen LogP contribution is 2.26. The molecule has 0 saturated carbocycles. The second kappa shape index (κ2) is 8.51. The second-order valence-corrected chi connectivity index (χ2v) is 12.1. The largest absolute Gasteiger partial charge is 0.287 e. The molecule has 0 saturated heterocycles. The molecule has 38 heavy (non-hydrogen) atoms. The third-order valence-electron chi connectivity index (χ3n) is 6.36. The van der Waals surface area contributed by atoms with Crippen molar-refractivity contribution >= 4 is 41.9 Å². The first kappa shape index (κ1) is 23.8. The zero-order valence-electron chi connectivity index (χ0n) is 19.6. The van der Waals surface area contributed by atoms with Crippen LogP contribution in [0.4, 0.5) is 0 Å². The third kappa shape index (κ3) is 3.34. The zero-order chi connectivity index (χ0) is 26.7. The SMILES string of the molecule is O=c1c2n(S(=O)(=O)c3ccccc3)c3ccccc3n(S(=O)(=O)c3ccccc3)c=2c(=O)c2ccccc12. The Kier molecular flexibility index (Phi) is 5.33. The van der Waals surface area contributed by atoms with E-state index in [1.807, 2.05) is 0 Å². The van der Waals surface area contributed by atoms with Gasteiger partial charge in [0, 0.05) is 10.8 Å². The maximum Gasteiger partial charge on any atom is 0.268 e. The summed E-state index contributed by atoms with van der Waals surface area (Å²) in [5.74, 6) is 0. The van der Waals surface area contributed by atoms with Gasteiger partial charge in [0.15, 0.2) is 0 Å². The Morgan fingerprint density at radius 2 is 0.737 bits per heavy atom. The summed E-state index contributed by atoms with van der Waals surface area (Å²) in [5, 5.41) is -1.12. The molecule has 0 atom stereocenters. The molecular weight excluding hydrogens is 524 g/mol. The molecule has 8 nitrogen and oxygen atoms in total. The predicted octanol–water partition coefficient (Wildman–Crippen LogP) is 3.52. The number of hydrogen-bond donors (Lipinski definition) is 0. The van der Waals surface area contributed by atoms with Gasteiger partial charge < -0.3 is 0 Å². The number of rotatable bonds is 4.